The zero-order chi connectivity index (χ0) is 12.4. The molecule has 0 aliphatic carbocycles. The molecule has 1 aromatic carbocycles. The molecule has 0 radical (unpaired) electrons. The Balaban J connectivity index is 2.00. The lowest BCUT2D eigenvalue weighted by Crippen LogP contribution is -2.17. The zero-order valence-electron chi connectivity index (χ0n) is 9.80. The summed E-state index contributed by atoms with van der Waals surface area (Å²) in [5.41, 5.74) is 2.02. The molecule has 0 spiro atoms. The second-order valence-corrected chi connectivity index (χ2v) is 5.18. The molecule has 1 aliphatic heterocycles. The summed E-state index contributed by atoms with van der Waals surface area (Å²) in [4.78, 5) is 6.76. The summed E-state index contributed by atoms with van der Waals surface area (Å²) in [6.07, 6.45) is 0.991. The third kappa shape index (κ3) is 2.18. The summed E-state index contributed by atoms with van der Waals surface area (Å²) in [6.45, 7) is 1.67. The lowest BCUT2D eigenvalue weighted by molar-refractivity contribution is 0.322. The second-order valence-electron chi connectivity index (χ2n) is 4.08. The average Bonchev–Trinajstić information content (AvgIpc) is 2.78. The van der Waals surface area contributed by atoms with Gasteiger partial charge in [-0.2, -0.15) is 0 Å². The van der Waals surface area contributed by atoms with Crippen LogP contribution < -0.4 is 9.64 Å². The molecule has 5 heteroatoms. The third-order valence-corrected chi connectivity index (χ3v) is 4.03. The first-order valence-electron chi connectivity index (χ1n) is 5.88. The Morgan fingerprint density at radius 2 is 2.28 bits per heavy atom. The van der Waals surface area contributed by atoms with Crippen LogP contribution in [0.15, 0.2) is 29.6 Å². The number of para-hydroxylation sites is 2. The monoisotopic (exact) mass is 280 g/mol. The SMILES string of the molecule is ClCc1csc(N2CCCOc3ccccc32)n1. The van der Waals surface area contributed by atoms with Crippen molar-refractivity contribution in [2.45, 2.75) is 12.3 Å². The molecule has 0 amide bonds. The van der Waals surface area contributed by atoms with Crippen LogP contribution in [-0.4, -0.2) is 18.1 Å². The van der Waals surface area contributed by atoms with E-state index < -0.39 is 0 Å². The van der Waals surface area contributed by atoms with Gasteiger partial charge in [-0.05, 0) is 18.6 Å². The zero-order valence-corrected chi connectivity index (χ0v) is 11.4. The molecule has 2 heterocycles. The minimum absolute atomic E-state index is 0.461. The standard InChI is InChI=1S/C13H13ClN2OS/c14-8-10-9-18-13(15-10)16-6-3-7-17-12-5-2-1-4-11(12)16/h1-2,4-5,9H,3,6-8H2. The van der Waals surface area contributed by atoms with Crippen LogP contribution in [0.25, 0.3) is 0 Å². The van der Waals surface area contributed by atoms with E-state index in [4.69, 9.17) is 16.3 Å². The number of anilines is 2. The molecule has 2 aromatic rings. The van der Waals surface area contributed by atoms with Gasteiger partial charge in [0.25, 0.3) is 0 Å². The number of thiazole rings is 1. The van der Waals surface area contributed by atoms with E-state index in [9.17, 15) is 0 Å². The first-order valence-corrected chi connectivity index (χ1v) is 7.29. The van der Waals surface area contributed by atoms with Gasteiger partial charge in [0.1, 0.15) is 5.75 Å². The smallest absolute Gasteiger partial charge is 0.190 e. The number of rotatable bonds is 2. The van der Waals surface area contributed by atoms with Crippen molar-refractivity contribution in [2.75, 3.05) is 18.1 Å². The van der Waals surface area contributed by atoms with E-state index in [-0.39, 0.29) is 0 Å². The molecule has 18 heavy (non-hydrogen) atoms. The van der Waals surface area contributed by atoms with Gasteiger partial charge in [0.05, 0.1) is 23.9 Å². The highest BCUT2D eigenvalue weighted by Crippen LogP contribution is 2.37. The van der Waals surface area contributed by atoms with Gasteiger partial charge in [-0.3, -0.25) is 0 Å². The van der Waals surface area contributed by atoms with Gasteiger partial charge < -0.3 is 9.64 Å². The van der Waals surface area contributed by atoms with E-state index in [0.717, 1.165) is 41.8 Å². The van der Waals surface area contributed by atoms with Crippen LogP contribution in [-0.2, 0) is 5.88 Å². The first kappa shape index (κ1) is 11.8. The highest BCUT2D eigenvalue weighted by Gasteiger charge is 2.19. The fourth-order valence-electron chi connectivity index (χ4n) is 2.01. The van der Waals surface area contributed by atoms with Crippen molar-refractivity contribution >= 4 is 33.8 Å². The molecule has 0 saturated heterocycles. The molecule has 94 valence electrons. The molecule has 0 unspecified atom stereocenters. The fourth-order valence-corrected chi connectivity index (χ4v) is 3.10. The Morgan fingerprint density at radius 3 is 3.11 bits per heavy atom. The maximum absolute atomic E-state index is 5.81. The number of hydrogen-bond acceptors (Lipinski definition) is 4. The van der Waals surface area contributed by atoms with Crippen LogP contribution in [0.2, 0.25) is 0 Å². The lowest BCUT2D eigenvalue weighted by atomic mass is 10.2. The number of fused-ring (bicyclic) bond motifs is 1. The number of nitrogens with zero attached hydrogens (tertiary/aromatic N) is 2. The van der Waals surface area contributed by atoms with Gasteiger partial charge in [0.2, 0.25) is 0 Å². The van der Waals surface area contributed by atoms with Crippen molar-refractivity contribution in [3.05, 3.63) is 35.3 Å². The summed E-state index contributed by atoms with van der Waals surface area (Å²) in [6, 6.07) is 8.09. The quantitative estimate of drug-likeness (QED) is 0.783. The molecular formula is C13H13ClN2OS. The maximum Gasteiger partial charge on any atom is 0.190 e. The van der Waals surface area contributed by atoms with E-state index in [0.29, 0.717) is 5.88 Å². The fraction of sp³-hybridized carbons (Fsp3) is 0.308. The highest BCUT2D eigenvalue weighted by atomic mass is 35.5. The van der Waals surface area contributed by atoms with Crippen LogP contribution in [0.4, 0.5) is 10.8 Å². The number of hydrogen-bond donors (Lipinski definition) is 0. The Kier molecular flexibility index (Phi) is 3.39. The molecule has 0 saturated carbocycles. The van der Waals surface area contributed by atoms with Crippen LogP contribution >= 0.6 is 22.9 Å². The normalized spacial score (nSPS) is 14.8. The molecule has 0 bridgehead atoms. The minimum Gasteiger partial charge on any atom is -0.491 e. The number of alkyl halides is 1. The number of aromatic nitrogens is 1. The van der Waals surface area contributed by atoms with Crippen LogP contribution in [0, 0.1) is 0 Å². The summed E-state index contributed by atoms with van der Waals surface area (Å²) in [7, 11) is 0. The van der Waals surface area contributed by atoms with E-state index in [1.807, 2.05) is 23.6 Å². The molecule has 1 aromatic heterocycles. The van der Waals surface area contributed by atoms with Crippen LogP contribution in [0.3, 0.4) is 0 Å². The average molecular weight is 281 g/mol. The molecule has 0 atom stereocenters. The number of benzene rings is 1. The number of ether oxygens (including phenoxy) is 1. The molecule has 3 nitrogen and oxygen atoms in total. The van der Waals surface area contributed by atoms with Crippen molar-refractivity contribution in [1.82, 2.24) is 4.98 Å². The minimum atomic E-state index is 0.461. The van der Waals surface area contributed by atoms with E-state index in [2.05, 4.69) is 16.0 Å². The molecule has 0 N–H and O–H groups in total. The maximum atomic E-state index is 5.81. The summed E-state index contributed by atoms with van der Waals surface area (Å²) >= 11 is 7.44. The van der Waals surface area contributed by atoms with Gasteiger partial charge in [0, 0.05) is 11.9 Å². The van der Waals surface area contributed by atoms with Crippen LogP contribution in [0.5, 0.6) is 5.75 Å². The van der Waals surface area contributed by atoms with E-state index in [1.54, 1.807) is 11.3 Å². The predicted octanol–water partition coefficient (Wildman–Crippen LogP) is 3.80. The number of halogens is 1. The molecular weight excluding hydrogens is 268 g/mol. The van der Waals surface area contributed by atoms with Gasteiger partial charge in [-0.25, -0.2) is 4.98 Å². The Labute approximate surface area is 115 Å². The van der Waals surface area contributed by atoms with Gasteiger partial charge >= 0.3 is 0 Å². The second kappa shape index (κ2) is 5.16. The van der Waals surface area contributed by atoms with Crippen molar-refractivity contribution < 1.29 is 4.74 Å². The first-order chi connectivity index (χ1) is 8.88. The van der Waals surface area contributed by atoms with E-state index in [1.165, 1.54) is 0 Å². The van der Waals surface area contributed by atoms with Crippen molar-refractivity contribution in [2.24, 2.45) is 0 Å². The molecule has 0 fully saturated rings. The Bertz CT molecular complexity index is 543. The van der Waals surface area contributed by atoms with Crippen molar-refractivity contribution in [3.63, 3.8) is 0 Å². The highest BCUT2D eigenvalue weighted by molar-refractivity contribution is 7.13. The van der Waals surface area contributed by atoms with Gasteiger partial charge in [0.15, 0.2) is 5.13 Å². The summed E-state index contributed by atoms with van der Waals surface area (Å²) in [5, 5.41) is 3.00. The van der Waals surface area contributed by atoms with E-state index >= 15 is 0 Å². The van der Waals surface area contributed by atoms with Crippen molar-refractivity contribution in [3.8, 4) is 5.75 Å². The van der Waals surface area contributed by atoms with Gasteiger partial charge in [-0.1, -0.05) is 12.1 Å². The van der Waals surface area contributed by atoms with Gasteiger partial charge in [-0.15, -0.1) is 22.9 Å². The third-order valence-electron chi connectivity index (χ3n) is 2.85. The summed E-state index contributed by atoms with van der Waals surface area (Å²) in [5.74, 6) is 1.39. The Morgan fingerprint density at radius 1 is 1.39 bits per heavy atom. The lowest BCUT2D eigenvalue weighted by Gasteiger charge is -2.20. The largest absolute Gasteiger partial charge is 0.491 e. The predicted molar refractivity (Wildman–Crippen MR) is 75.2 cm³/mol. The van der Waals surface area contributed by atoms with Crippen LogP contribution in [0.1, 0.15) is 12.1 Å². The Hall–Kier alpha value is -1.26. The van der Waals surface area contributed by atoms with Crippen molar-refractivity contribution in [1.29, 1.82) is 0 Å². The molecule has 1 aliphatic rings. The molecule has 3 rings (SSSR count). The topological polar surface area (TPSA) is 25.4 Å². The summed E-state index contributed by atoms with van der Waals surface area (Å²) < 4.78 is 5.74.